The molecule has 24 heavy (non-hydrogen) atoms. The number of nitrogens with zero attached hydrogens (tertiary/aromatic N) is 2. The first kappa shape index (κ1) is 16.9. The largest absolute Gasteiger partial charge is 0.376 e. The van der Waals surface area contributed by atoms with E-state index in [-0.39, 0.29) is 25.6 Å². The molecule has 1 atom stereocenters. The smallest absolute Gasteiger partial charge is 0.333 e. The summed E-state index contributed by atoms with van der Waals surface area (Å²) in [5.41, 5.74) is 0.936. The third kappa shape index (κ3) is 3.76. The average molecular weight is 351 g/mol. The summed E-state index contributed by atoms with van der Waals surface area (Å²) in [5, 5.41) is 0.610. The van der Waals surface area contributed by atoms with Gasteiger partial charge in [-0.2, -0.15) is 0 Å². The standard InChI is InChI=1S/C17H19ClN2O4/c18-13-4-1-3-12(9-13)6-7-19-15(21)10-16(22)20(17(19)23)11-14-5-2-8-24-14/h1,3-4,9,14H,2,5-8,10-11H2/t14-/m1/s1. The predicted octanol–water partition coefficient (Wildman–Crippen LogP) is 2.24. The van der Waals surface area contributed by atoms with Crippen LogP contribution in [0.2, 0.25) is 5.02 Å². The Morgan fingerprint density at radius 1 is 1.17 bits per heavy atom. The second-order valence-electron chi connectivity index (χ2n) is 6.02. The highest BCUT2D eigenvalue weighted by Crippen LogP contribution is 2.19. The number of hydrogen-bond acceptors (Lipinski definition) is 4. The molecular formula is C17H19ClN2O4. The number of benzene rings is 1. The molecule has 2 aliphatic heterocycles. The Morgan fingerprint density at radius 3 is 2.67 bits per heavy atom. The molecular weight excluding hydrogens is 332 g/mol. The Morgan fingerprint density at radius 2 is 1.96 bits per heavy atom. The fraction of sp³-hybridized carbons (Fsp3) is 0.471. The van der Waals surface area contributed by atoms with Crippen molar-refractivity contribution in [2.24, 2.45) is 0 Å². The minimum atomic E-state index is -0.547. The summed E-state index contributed by atoms with van der Waals surface area (Å²) < 4.78 is 5.49. The van der Waals surface area contributed by atoms with Crippen LogP contribution in [0.3, 0.4) is 0 Å². The van der Waals surface area contributed by atoms with E-state index in [1.165, 1.54) is 0 Å². The van der Waals surface area contributed by atoms with Gasteiger partial charge in [-0.25, -0.2) is 4.79 Å². The minimum Gasteiger partial charge on any atom is -0.376 e. The zero-order chi connectivity index (χ0) is 17.1. The summed E-state index contributed by atoms with van der Waals surface area (Å²) in [6.45, 7) is 1.10. The topological polar surface area (TPSA) is 66.9 Å². The number of carbonyl (C=O) groups excluding carboxylic acids is 3. The van der Waals surface area contributed by atoms with E-state index in [2.05, 4.69) is 0 Å². The number of imide groups is 2. The van der Waals surface area contributed by atoms with E-state index in [4.69, 9.17) is 16.3 Å². The first-order valence-electron chi connectivity index (χ1n) is 8.05. The van der Waals surface area contributed by atoms with Gasteiger partial charge in [-0.15, -0.1) is 0 Å². The molecule has 4 amide bonds. The van der Waals surface area contributed by atoms with Crippen LogP contribution in [0, 0.1) is 0 Å². The lowest BCUT2D eigenvalue weighted by Gasteiger charge is -2.33. The molecule has 0 bridgehead atoms. The maximum Gasteiger partial charge on any atom is 0.333 e. The summed E-state index contributed by atoms with van der Waals surface area (Å²) in [4.78, 5) is 39.0. The van der Waals surface area contributed by atoms with Crippen LogP contribution in [0.1, 0.15) is 24.8 Å². The van der Waals surface area contributed by atoms with Crippen molar-refractivity contribution in [3.8, 4) is 0 Å². The predicted molar refractivity (Wildman–Crippen MR) is 87.6 cm³/mol. The number of ether oxygens (including phenoxy) is 1. The monoisotopic (exact) mass is 350 g/mol. The number of halogens is 1. The molecule has 0 spiro atoms. The van der Waals surface area contributed by atoms with Crippen molar-refractivity contribution in [1.29, 1.82) is 0 Å². The quantitative estimate of drug-likeness (QED) is 0.764. The maximum atomic E-state index is 12.6. The van der Waals surface area contributed by atoms with E-state index in [9.17, 15) is 14.4 Å². The van der Waals surface area contributed by atoms with Gasteiger partial charge in [0.15, 0.2) is 0 Å². The van der Waals surface area contributed by atoms with Gasteiger partial charge in [-0.1, -0.05) is 23.7 Å². The van der Waals surface area contributed by atoms with E-state index < -0.39 is 17.8 Å². The molecule has 2 heterocycles. The van der Waals surface area contributed by atoms with Crippen LogP contribution in [0.15, 0.2) is 24.3 Å². The molecule has 0 N–H and O–H groups in total. The highest BCUT2D eigenvalue weighted by molar-refractivity contribution is 6.30. The first-order chi connectivity index (χ1) is 11.5. The second kappa shape index (κ2) is 7.32. The molecule has 0 radical (unpaired) electrons. The molecule has 0 aliphatic carbocycles. The van der Waals surface area contributed by atoms with E-state index in [1.807, 2.05) is 12.1 Å². The average Bonchev–Trinajstić information content (AvgIpc) is 3.04. The van der Waals surface area contributed by atoms with Crippen molar-refractivity contribution in [3.63, 3.8) is 0 Å². The summed E-state index contributed by atoms with van der Waals surface area (Å²) in [6, 6.07) is 6.74. The normalized spacial score (nSPS) is 21.7. The van der Waals surface area contributed by atoms with Gasteiger partial charge in [-0.3, -0.25) is 19.4 Å². The van der Waals surface area contributed by atoms with Crippen molar-refractivity contribution in [2.75, 3.05) is 19.7 Å². The summed E-state index contributed by atoms with van der Waals surface area (Å²) in [7, 11) is 0. The minimum absolute atomic E-state index is 0.124. The molecule has 0 unspecified atom stereocenters. The van der Waals surface area contributed by atoms with E-state index in [1.54, 1.807) is 12.1 Å². The fourth-order valence-corrected chi connectivity index (χ4v) is 3.22. The van der Waals surface area contributed by atoms with Crippen LogP contribution >= 0.6 is 11.6 Å². The van der Waals surface area contributed by atoms with Gasteiger partial charge >= 0.3 is 6.03 Å². The molecule has 7 heteroatoms. The number of rotatable bonds is 5. The Balaban J connectivity index is 1.65. The lowest BCUT2D eigenvalue weighted by Crippen LogP contribution is -2.57. The van der Waals surface area contributed by atoms with Gasteiger partial charge in [0.2, 0.25) is 11.8 Å². The van der Waals surface area contributed by atoms with Crippen molar-refractivity contribution in [2.45, 2.75) is 31.8 Å². The SMILES string of the molecule is O=C1CC(=O)N(C[C@H]2CCCO2)C(=O)N1CCc1cccc(Cl)c1. The van der Waals surface area contributed by atoms with E-state index >= 15 is 0 Å². The third-order valence-corrected chi connectivity index (χ3v) is 4.52. The zero-order valence-corrected chi connectivity index (χ0v) is 14.0. The van der Waals surface area contributed by atoms with E-state index in [0.29, 0.717) is 18.1 Å². The van der Waals surface area contributed by atoms with Crippen LogP contribution in [-0.4, -0.2) is 53.4 Å². The maximum absolute atomic E-state index is 12.6. The Kier molecular flexibility index (Phi) is 5.16. The number of hydrogen-bond donors (Lipinski definition) is 0. The van der Waals surface area contributed by atoms with Gasteiger partial charge in [-0.05, 0) is 37.0 Å². The van der Waals surface area contributed by atoms with Crippen molar-refractivity contribution in [1.82, 2.24) is 9.80 Å². The Hall–Kier alpha value is -1.92. The molecule has 0 aromatic heterocycles. The molecule has 1 aromatic rings. The van der Waals surface area contributed by atoms with Crippen LogP contribution in [-0.2, 0) is 20.7 Å². The molecule has 0 saturated carbocycles. The molecule has 3 rings (SSSR count). The molecule has 2 aliphatic rings. The number of carbonyl (C=O) groups is 3. The molecule has 2 saturated heterocycles. The zero-order valence-electron chi connectivity index (χ0n) is 13.2. The Bertz CT molecular complexity index is 658. The van der Waals surface area contributed by atoms with Gasteiger partial charge in [0.25, 0.3) is 0 Å². The van der Waals surface area contributed by atoms with Crippen molar-refractivity contribution in [3.05, 3.63) is 34.9 Å². The van der Waals surface area contributed by atoms with Gasteiger partial charge < -0.3 is 4.74 Å². The summed E-state index contributed by atoms with van der Waals surface area (Å²) in [5.74, 6) is -0.893. The second-order valence-corrected chi connectivity index (χ2v) is 6.46. The molecule has 128 valence electrons. The molecule has 6 nitrogen and oxygen atoms in total. The highest BCUT2D eigenvalue weighted by Gasteiger charge is 2.39. The molecule has 1 aromatic carbocycles. The number of urea groups is 1. The third-order valence-electron chi connectivity index (χ3n) is 4.29. The Labute approximate surface area is 145 Å². The van der Waals surface area contributed by atoms with Crippen LogP contribution in [0.4, 0.5) is 4.79 Å². The van der Waals surface area contributed by atoms with Crippen molar-refractivity contribution >= 4 is 29.4 Å². The first-order valence-corrected chi connectivity index (χ1v) is 8.43. The van der Waals surface area contributed by atoms with Gasteiger partial charge in [0.05, 0.1) is 12.6 Å². The lowest BCUT2D eigenvalue weighted by molar-refractivity contribution is -0.143. The van der Waals surface area contributed by atoms with E-state index in [0.717, 1.165) is 28.2 Å². The van der Waals surface area contributed by atoms with Crippen LogP contribution in [0.5, 0.6) is 0 Å². The van der Waals surface area contributed by atoms with Gasteiger partial charge in [0, 0.05) is 18.2 Å². The highest BCUT2D eigenvalue weighted by atomic mass is 35.5. The van der Waals surface area contributed by atoms with Crippen molar-refractivity contribution < 1.29 is 19.1 Å². The van der Waals surface area contributed by atoms with Crippen LogP contribution < -0.4 is 0 Å². The number of amides is 4. The van der Waals surface area contributed by atoms with Crippen LogP contribution in [0.25, 0.3) is 0 Å². The lowest BCUT2D eigenvalue weighted by atomic mass is 10.1. The number of barbiturate groups is 1. The molecule has 2 fully saturated rings. The fourth-order valence-electron chi connectivity index (χ4n) is 3.00. The summed E-state index contributed by atoms with van der Waals surface area (Å²) >= 11 is 5.95. The van der Waals surface area contributed by atoms with Gasteiger partial charge in [0.1, 0.15) is 6.42 Å². The summed E-state index contributed by atoms with van der Waals surface area (Å²) in [6.07, 6.45) is 1.86.